The molecule has 1 aromatic rings. The molecule has 0 aliphatic heterocycles. The van der Waals surface area contributed by atoms with Crippen molar-refractivity contribution in [2.45, 2.75) is 26.3 Å². The smallest absolute Gasteiger partial charge is 0.246 e. The van der Waals surface area contributed by atoms with Crippen molar-refractivity contribution in [3.63, 3.8) is 0 Å². The first kappa shape index (κ1) is 12.2. The van der Waals surface area contributed by atoms with Crippen LogP contribution < -0.4 is 0 Å². The highest BCUT2D eigenvalue weighted by Crippen LogP contribution is 2.18. The van der Waals surface area contributed by atoms with Crippen LogP contribution in [0.3, 0.4) is 0 Å². The van der Waals surface area contributed by atoms with Crippen molar-refractivity contribution < 1.29 is 4.79 Å². The van der Waals surface area contributed by atoms with E-state index in [2.05, 4.69) is 21.0 Å². The van der Waals surface area contributed by atoms with Gasteiger partial charge in [-0.05, 0) is 29.3 Å². The van der Waals surface area contributed by atoms with Crippen molar-refractivity contribution in [1.82, 2.24) is 14.7 Å². The number of amides is 1. The fraction of sp³-hybridized carbons (Fsp3) is 0.600. The van der Waals surface area contributed by atoms with Gasteiger partial charge in [0.1, 0.15) is 6.04 Å². The minimum absolute atomic E-state index is 0.0488. The largest absolute Gasteiger partial charge is 0.347 e. The summed E-state index contributed by atoms with van der Waals surface area (Å²) in [7, 11) is 3.50. The monoisotopic (exact) mass is 273 g/mol. The Bertz CT molecular complexity index is 360. The fourth-order valence-corrected chi connectivity index (χ4v) is 1.90. The van der Waals surface area contributed by atoms with Gasteiger partial charge < -0.3 is 4.90 Å². The number of nitrogens with zero attached hydrogens (tertiary/aromatic N) is 3. The zero-order valence-corrected chi connectivity index (χ0v) is 11.1. The van der Waals surface area contributed by atoms with Crippen LogP contribution in [0.1, 0.15) is 25.6 Å². The van der Waals surface area contributed by atoms with Gasteiger partial charge >= 0.3 is 0 Å². The van der Waals surface area contributed by atoms with Gasteiger partial charge in [-0.25, -0.2) is 0 Å². The number of hydrogen-bond donors (Lipinski definition) is 0. The van der Waals surface area contributed by atoms with Crippen molar-refractivity contribution in [2.24, 2.45) is 0 Å². The van der Waals surface area contributed by atoms with Crippen molar-refractivity contribution in [1.29, 1.82) is 0 Å². The van der Waals surface area contributed by atoms with Crippen LogP contribution in [0, 0.1) is 0 Å². The summed E-state index contributed by atoms with van der Waals surface area (Å²) in [5.41, 5.74) is 0.980. The molecule has 1 atom stereocenters. The van der Waals surface area contributed by atoms with Crippen LogP contribution in [0.4, 0.5) is 0 Å². The molecule has 15 heavy (non-hydrogen) atoms. The molecule has 0 N–H and O–H groups in total. The molecule has 1 aromatic heterocycles. The molecule has 0 fully saturated rings. The third-order valence-electron chi connectivity index (χ3n) is 2.29. The van der Waals surface area contributed by atoms with Crippen LogP contribution in [-0.2, 0) is 11.2 Å². The van der Waals surface area contributed by atoms with Gasteiger partial charge in [-0.1, -0.05) is 6.92 Å². The van der Waals surface area contributed by atoms with E-state index in [1.165, 1.54) is 0 Å². The maximum Gasteiger partial charge on any atom is 0.246 e. The van der Waals surface area contributed by atoms with E-state index in [0.717, 1.165) is 16.6 Å². The van der Waals surface area contributed by atoms with Crippen LogP contribution in [0.15, 0.2) is 10.7 Å². The van der Waals surface area contributed by atoms with Crippen LogP contribution in [-0.4, -0.2) is 34.7 Å². The SMILES string of the molecule is CCc1nn(C(C)C(=O)N(C)C)cc1Br. The van der Waals surface area contributed by atoms with Crippen molar-refractivity contribution >= 4 is 21.8 Å². The molecule has 1 unspecified atom stereocenters. The number of aromatic nitrogens is 2. The second-order valence-corrected chi connectivity index (χ2v) is 4.52. The molecular weight excluding hydrogens is 258 g/mol. The van der Waals surface area contributed by atoms with Gasteiger partial charge in [-0.2, -0.15) is 5.10 Å². The van der Waals surface area contributed by atoms with Gasteiger partial charge in [-0.15, -0.1) is 0 Å². The summed E-state index contributed by atoms with van der Waals surface area (Å²) in [5, 5.41) is 4.35. The molecule has 0 radical (unpaired) electrons. The van der Waals surface area contributed by atoms with Crippen molar-refractivity contribution in [2.75, 3.05) is 14.1 Å². The molecule has 1 heterocycles. The van der Waals surface area contributed by atoms with Gasteiger partial charge in [0.05, 0.1) is 10.2 Å². The molecule has 4 nitrogen and oxygen atoms in total. The molecule has 0 aliphatic carbocycles. The van der Waals surface area contributed by atoms with Gasteiger partial charge in [0.2, 0.25) is 5.91 Å². The van der Waals surface area contributed by atoms with Crippen LogP contribution >= 0.6 is 15.9 Å². The summed E-state index contributed by atoms with van der Waals surface area (Å²) >= 11 is 3.42. The maximum absolute atomic E-state index is 11.7. The number of rotatable bonds is 3. The van der Waals surface area contributed by atoms with Crippen molar-refractivity contribution in [3.8, 4) is 0 Å². The molecule has 0 bridgehead atoms. The summed E-state index contributed by atoms with van der Waals surface area (Å²) in [6.07, 6.45) is 2.71. The van der Waals surface area contributed by atoms with E-state index >= 15 is 0 Å². The zero-order valence-electron chi connectivity index (χ0n) is 9.49. The number of carbonyl (C=O) groups is 1. The number of halogens is 1. The Morgan fingerprint density at radius 3 is 2.67 bits per heavy atom. The highest BCUT2D eigenvalue weighted by Gasteiger charge is 2.18. The Labute approximate surface area is 98.4 Å². The first-order valence-corrected chi connectivity index (χ1v) is 5.71. The molecule has 84 valence electrons. The second-order valence-electron chi connectivity index (χ2n) is 3.67. The van der Waals surface area contributed by atoms with E-state index in [-0.39, 0.29) is 11.9 Å². The number of carbonyl (C=O) groups excluding carboxylic acids is 1. The molecule has 5 heteroatoms. The molecule has 0 aliphatic rings. The van der Waals surface area contributed by atoms with E-state index in [4.69, 9.17) is 0 Å². The van der Waals surface area contributed by atoms with E-state index in [0.29, 0.717) is 0 Å². The fourth-order valence-electron chi connectivity index (χ4n) is 1.33. The van der Waals surface area contributed by atoms with Crippen molar-refractivity contribution in [3.05, 3.63) is 16.4 Å². The minimum Gasteiger partial charge on any atom is -0.347 e. The lowest BCUT2D eigenvalue weighted by atomic mass is 10.3. The van der Waals surface area contributed by atoms with E-state index in [9.17, 15) is 4.79 Å². The second kappa shape index (κ2) is 4.79. The summed E-state index contributed by atoms with van der Waals surface area (Å²) in [5.74, 6) is 0.0488. The average molecular weight is 274 g/mol. The molecular formula is C10H16BrN3O. The molecule has 1 rings (SSSR count). The lowest BCUT2D eigenvalue weighted by Crippen LogP contribution is -2.30. The van der Waals surface area contributed by atoms with Gasteiger partial charge in [0.25, 0.3) is 0 Å². The standard InChI is InChI=1S/C10H16BrN3O/c1-5-9-8(11)6-14(12-9)7(2)10(15)13(3)4/h6-7H,5H2,1-4H3. The van der Waals surface area contributed by atoms with Gasteiger partial charge in [-0.3, -0.25) is 9.48 Å². The topological polar surface area (TPSA) is 38.1 Å². The Morgan fingerprint density at radius 2 is 2.27 bits per heavy atom. The molecule has 0 saturated heterocycles. The first-order chi connectivity index (χ1) is 6.97. The Hall–Kier alpha value is -0.840. The number of likely N-dealkylation sites (N-methyl/N-ethyl adjacent to an activating group) is 1. The lowest BCUT2D eigenvalue weighted by Gasteiger charge is -2.16. The maximum atomic E-state index is 11.7. The summed E-state index contributed by atoms with van der Waals surface area (Å²) < 4.78 is 2.66. The molecule has 1 amide bonds. The van der Waals surface area contributed by atoms with E-state index < -0.39 is 0 Å². The first-order valence-electron chi connectivity index (χ1n) is 4.92. The molecule has 0 aromatic carbocycles. The highest BCUT2D eigenvalue weighted by molar-refractivity contribution is 9.10. The number of hydrogen-bond acceptors (Lipinski definition) is 2. The van der Waals surface area contributed by atoms with E-state index in [1.54, 1.807) is 23.7 Å². The Kier molecular flexibility index (Phi) is 3.90. The third-order valence-corrected chi connectivity index (χ3v) is 2.95. The average Bonchev–Trinajstić information content (AvgIpc) is 2.57. The zero-order chi connectivity index (χ0) is 11.6. The molecule has 0 saturated carbocycles. The quantitative estimate of drug-likeness (QED) is 0.843. The normalized spacial score (nSPS) is 12.6. The summed E-state index contributed by atoms with van der Waals surface area (Å²) in [4.78, 5) is 13.3. The minimum atomic E-state index is -0.253. The summed E-state index contributed by atoms with van der Waals surface area (Å²) in [6.45, 7) is 3.89. The van der Waals surface area contributed by atoms with E-state index in [1.807, 2.05) is 20.0 Å². The highest BCUT2D eigenvalue weighted by atomic mass is 79.9. The third kappa shape index (κ3) is 2.59. The van der Waals surface area contributed by atoms with Crippen LogP contribution in [0.25, 0.3) is 0 Å². The number of aryl methyl sites for hydroxylation is 1. The Morgan fingerprint density at radius 1 is 1.67 bits per heavy atom. The lowest BCUT2D eigenvalue weighted by molar-refractivity contribution is -0.131. The summed E-state index contributed by atoms with van der Waals surface area (Å²) in [6, 6.07) is -0.253. The van der Waals surface area contributed by atoms with Gasteiger partial charge in [0, 0.05) is 20.3 Å². The Balaban J connectivity index is 2.91. The predicted molar refractivity (Wildman–Crippen MR) is 62.7 cm³/mol. The molecule has 0 spiro atoms. The predicted octanol–water partition coefficient (Wildman–Crippen LogP) is 1.86. The van der Waals surface area contributed by atoms with Crippen LogP contribution in [0.5, 0.6) is 0 Å². The van der Waals surface area contributed by atoms with Gasteiger partial charge in [0.15, 0.2) is 0 Å². The van der Waals surface area contributed by atoms with Crippen LogP contribution in [0.2, 0.25) is 0 Å².